The first kappa shape index (κ1) is 25.4. The van der Waals surface area contributed by atoms with Crippen LogP contribution in [0.2, 0.25) is 0 Å². The van der Waals surface area contributed by atoms with Crippen LogP contribution >= 0.6 is 0 Å². The predicted octanol–water partition coefficient (Wildman–Crippen LogP) is 10.7. The molecule has 4 heteroatoms. The molecule has 9 aromatic rings. The topological polar surface area (TPSA) is 51.8 Å². The molecule has 0 radical (unpaired) electrons. The van der Waals surface area contributed by atoms with Crippen molar-refractivity contribution in [3.8, 4) is 45.3 Å². The normalized spacial score (nSPS) is 11.6. The number of fused-ring (bicyclic) bond motifs is 6. The molecular formula is C41H25N3O. The summed E-state index contributed by atoms with van der Waals surface area (Å²) in [7, 11) is 0. The first-order valence-corrected chi connectivity index (χ1v) is 15.0. The van der Waals surface area contributed by atoms with Gasteiger partial charge in [-0.15, -0.1) is 0 Å². The van der Waals surface area contributed by atoms with Gasteiger partial charge in [-0.1, -0.05) is 133 Å². The molecule has 2 aromatic heterocycles. The molecule has 0 saturated heterocycles. The van der Waals surface area contributed by atoms with Gasteiger partial charge in [0.2, 0.25) is 0 Å². The summed E-state index contributed by atoms with van der Waals surface area (Å²) in [6.07, 6.45) is 0. The van der Waals surface area contributed by atoms with Gasteiger partial charge in [0.05, 0.1) is 0 Å². The second kappa shape index (κ2) is 10.2. The van der Waals surface area contributed by atoms with Gasteiger partial charge >= 0.3 is 0 Å². The minimum Gasteiger partial charge on any atom is -0.456 e. The van der Waals surface area contributed by atoms with Crippen LogP contribution in [0.4, 0.5) is 0 Å². The smallest absolute Gasteiger partial charge is 0.164 e. The van der Waals surface area contributed by atoms with Gasteiger partial charge in [-0.2, -0.15) is 0 Å². The number of para-hydroxylation sites is 1. The second-order valence-electron chi connectivity index (χ2n) is 11.2. The van der Waals surface area contributed by atoms with Crippen molar-refractivity contribution < 1.29 is 4.42 Å². The first-order chi connectivity index (χ1) is 22.3. The van der Waals surface area contributed by atoms with Crippen LogP contribution in [-0.4, -0.2) is 15.0 Å². The fraction of sp³-hybridized carbons (Fsp3) is 0. The quantitative estimate of drug-likeness (QED) is 0.196. The molecule has 0 saturated carbocycles. The van der Waals surface area contributed by atoms with Crippen LogP contribution in [0.3, 0.4) is 0 Å². The van der Waals surface area contributed by atoms with Crippen LogP contribution in [0.25, 0.3) is 88.8 Å². The average molecular weight is 576 g/mol. The van der Waals surface area contributed by atoms with Gasteiger partial charge in [0.1, 0.15) is 11.2 Å². The van der Waals surface area contributed by atoms with E-state index in [0.29, 0.717) is 17.5 Å². The highest BCUT2D eigenvalue weighted by molar-refractivity contribution is 6.18. The summed E-state index contributed by atoms with van der Waals surface area (Å²) in [5.74, 6) is 1.86. The summed E-state index contributed by atoms with van der Waals surface area (Å²) in [6, 6.07) is 52.2. The Morgan fingerprint density at radius 3 is 1.73 bits per heavy atom. The van der Waals surface area contributed by atoms with E-state index >= 15 is 0 Å². The van der Waals surface area contributed by atoms with Crippen LogP contribution in [0.15, 0.2) is 156 Å². The molecule has 0 bridgehead atoms. The Bertz CT molecular complexity index is 2540. The molecule has 0 aliphatic rings. The van der Waals surface area contributed by atoms with Crippen molar-refractivity contribution in [3.63, 3.8) is 0 Å². The van der Waals surface area contributed by atoms with Crippen LogP contribution in [0.5, 0.6) is 0 Å². The molecule has 45 heavy (non-hydrogen) atoms. The van der Waals surface area contributed by atoms with E-state index < -0.39 is 0 Å². The van der Waals surface area contributed by atoms with Gasteiger partial charge < -0.3 is 4.42 Å². The molecule has 0 aliphatic carbocycles. The minimum atomic E-state index is 0.608. The van der Waals surface area contributed by atoms with E-state index in [1.54, 1.807) is 0 Å². The Morgan fingerprint density at radius 1 is 0.333 bits per heavy atom. The maximum absolute atomic E-state index is 6.23. The molecule has 210 valence electrons. The highest BCUT2D eigenvalue weighted by atomic mass is 16.3. The zero-order chi connectivity index (χ0) is 29.7. The molecule has 0 N–H and O–H groups in total. The average Bonchev–Trinajstić information content (AvgIpc) is 3.50. The number of nitrogens with zero attached hydrogens (tertiary/aromatic N) is 3. The summed E-state index contributed by atoms with van der Waals surface area (Å²) < 4.78 is 6.23. The molecule has 0 unspecified atom stereocenters. The van der Waals surface area contributed by atoms with E-state index in [9.17, 15) is 0 Å². The fourth-order valence-corrected chi connectivity index (χ4v) is 6.48. The third kappa shape index (κ3) is 4.19. The second-order valence-corrected chi connectivity index (χ2v) is 11.2. The lowest BCUT2D eigenvalue weighted by atomic mass is 9.91. The van der Waals surface area contributed by atoms with E-state index in [0.717, 1.165) is 54.8 Å². The lowest BCUT2D eigenvalue weighted by molar-refractivity contribution is 0.669. The van der Waals surface area contributed by atoms with Crippen LogP contribution < -0.4 is 0 Å². The van der Waals surface area contributed by atoms with E-state index in [1.165, 1.54) is 16.5 Å². The first-order valence-electron chi connectivity index (χ1n) is 15.0. The highest BCUT2D eigenvalue weighted by Gasteiger charge is 2.20. The summed E-state index contributed by atoms with van der Waals surface area (Å²) in [6.45, 7) is 0. The fourth-order valence-electron chi connectivity index (χ4n) is 6.48. The van der Waals surface area contributed by atoms with Gasteiger partial charge in [0.15, 0.2) is 17.5 Å². The van der Waals surface area contributed by atoms with Crippen molar-refractivity contribution in [1.82, 2.24) is 15.0 Å². The van der Waals surface area contributed by atoms with Crippen molar-refractivity contribution in [1.29, 1.82) is 0 Å². The molecule has 0 aliphatic heterocycles. The van der Waals surface area contributed by atoms with Gasteiger partial charge in [-0.05, 0) is 45.5 Å². The molecule has 0 atom stereocenters. The molecule has 7 aromatic carbocycles. The van der Waals surface area contributed by atoms with E-state index in [-0.39, 0.29) is 0 Å². The van der Waals surface area contributed by atoms with E-state index in [1.807, 2.05) is 60.7 Å². The van der Waals surface area contributed by atoms with Crippen LogP contribution in [-0.2, 0) is 0 Å². The Labute approximate surface area is 259 Å². The molecular weight excluding hydrogens is 550 g/mol. The minimum absolute atomic E-state index is 0.608. The molecule has 0 spiro atoms. The van der Waals surface area contributed by atoms with E-state index in [2.05, 4.69) is 91.0 Å². The molecule has 4 nitrogen and oxygen atoms in total. The van der Waals surface area contributed by atoms with Gasteiger partial charge in [-0.25, -0.2) is 15.0 Å². The number of benzene rings is 7. The predicted molar refractivity (Wildman–Crippen MR) is 184 cm³/mol. The number of hydrogen-bond donors (Lipinski definition) is 0. The largest absolute Gasteiger partial charge is 0.456 e. The standard InChI is InChI=1S/C41H25N3O/c1-3-12-26(13-4-1)29-24-25-34(37-30-17-8-7-14-27(30)22-23-31(29)37)41-43-39(28-15-5-2-6-16-28)42-40(44-41)33-19-11-21-36-38(33)32-18-9-10-20-35(32)45-36/h1-25H. The maximum Gasteiger partial charge on any atom is 0.164 e. The summed E-state index contributed by atoms with van der Waals surface area (Å²) in [5.41, 5.74) is 6.80. The monoisotopic (exact) mass is 575 g/mol. The van der Waals surface area contributed by atoms with Crippen molar-refractivity contribution >= 4 is 43.5 Å². The third-order valence-corrected chi connectivity index (χ3v) is 8.54. The summed E-state index contributed by atoms with van der Waals surface area (Å²) in [4.78, 5) is 15.5. The number of hydrogen-bond acceptors (Lipinski definition) is 4. The lowest BCUT2D eigenvalue weighted by Gasteiger charge is -2.15. The number of rotatable bonds is 4. The Morgan fingerprint density at radius 2 is 0.933 bits per heavy atom. The molecule has 0 fully saturated rings. The zero-order valence-corrected chi connectivity index (χ0v) is 24.2. The van der Waals surface area contributed by atoms with Crippen molar-refractivity contribution in [3.05, 3.63) is 152 Å². The van der Waals surface area contributed by atoms with E-state index in [4.69, 9.17) is 19.4 Å². The van der Waals surface area contributed by atoms with Crippen molar-refractivity contribution in [2.75, 3.05) is 0 Å². The summed E-state index contributed by atoms with van der Waals surface area (Å²) in [5, 5.41) is 6.65. The molecule has 2 heterocycles. The van der Waals surface area contributed by atoms with Crippen LogP contribution in [0, 0.1) is 0 Å². The maximum atomic E-state index is 6.23. The van der Waals surface area contributed by atoms with Crippen LogP contribution in [0.1, 0.15) is 0 Å². The summed E-state index contributed by atoms with van der Waals surface area (Å²) >= 11 is 0. The molecule has 0 amide bonds. The Balaban J connectivity index is 1.37. The van der Waals surface area contributed by atoms with Gasteiger partial charge in [-0.3, -0.25) is 0 Å². The number of aromatic nitrogens is 3. The van der Waals surface area contributed by atoms with Crippen molar-refractivity contribution in [2.45, 2.75) is 0 Å². The SMILES string of the molecule is c1ccc(-c2nc(-c3cccc4oc5ccccc5c34)nc(-c3ccc(-c4ccccc4)c4ccc5ccccc5c34)n2)cc1. The molecule has 9 rings (SSSR count). The Hall–Kier alpha value is -6.13. The zero-order valence-electron chi connectivity index (χ0n) is 24.2. The van der Waals surface area contributed by atoms with Crippen molar-refractivity contribution in [2.24, 2.45) is 0 Å². The lowest BCUT2D eigenvalue weighted by Crippen LogP contribution is -2.01. The van der Waals surface area contributed by atoms with Gasteiger partial charge in [0.25, 0.3) is 0 Å². The third-order valence-electron chi connectivity index (χ3n) is 8.54. The number of furan rings is 1. The highest BCUT2D eigenvalue weighted by Crippen LogP contribution is 2.41. The van der Waals surface area contributed by atoms with Gasteiger partial charge in [0, 0.05) is 32.8 Å². The Kier molecular flexibility index (Phi) is 5.78.